The Morgan fingerprint density at radius 3 is 2.29 bits per heavy atom. The van der Waals surface area contributed by atoms with Crippen LogP contribution in [0, 0.1) is 5.92 Å². The number of rotatable bonds is 8. The predicted octanol–water partition coefficient (Wildman–Crippen LogP) is 2.18. The largest absolute Gasteiger partial charge is 0.434 e. The molecule has 3 N–H and O–H groups in total. The van der Waals surface area contributed by atoms with Crippen molar-refractivity contribution in [1.29, 1.82) is 0 Å². The normalized spacial score (nSPS) is 19.0. The van der Waals surface area contributed by atoms with Crippen LogP contribution >= 0.6 is 0 Å². The molecule has 0 aliphatic carbocycles. The Bertz CT molecular complexity index is 911. The van der Waals surface area contributed by atoms with Crippen LogP contribution in [-0.2, 0) is 25.5 Å². The first-order valence-electron chi connectivity index (χ1n) is 10.4. The van der Waals surface area contributed by atoms with Crippen molar-refractivity contribution in [3.05, 3.63) is 60.2 Å². The zero-order chi connectivity index (χ0) is 22.4. The summed E-state index contributed by atoms with van der Waals surface area (Å²) in [5.74, 6) is -1.12. The highest BCUT2D eigenvalue weighted by Crippen LogP contribution is 2.19. The zero-order valence-corrected chi connectivity index (χ0v) is 17.7. The van der Waals surface area contributed by atoms with Crippen LogP contribution in [0.3, 0.4) is 0 Å². The van der Waals surface area contributed by atoms with Gasteiger partial charge in [-0.25, -0.2) is 0 Å². The van der Waals surface area contributed by atoms with E-state index in [-0.39, 0.29) is 24.7 Å². The molecule has 2 amide bonds. The van der Waals surface area contributed by atoms with Crippen LogP contribution in [0.5, 0.6) is 0 Å². The molecule has 3 rings (SSSR count). The molecular formula is C24H28N2O5. The number of nitrogens with one attached hydrogen (secondary N) is 2. The molecule has 0 spiro atoms. The van der Waals surface area contributed by atoms with E-state index in [4.69, 9.17) is 0 Å². The maximum Gasteiger partial charge on any atom is 0.310 e. The molecule has 1 fully saturated rings. The van der Waals surface area contributed by atoms with E-state index in [0.29, 0.717) is 6.42 Å². The molecule has 0 aromatic heterocycles. The van der Waals surface area contributed by atoms with E-state index in [1.807, 2.05) is 68.4 Å². The summed E-state index contributed by atoms with van der Waals surface area (Å²) in [6.07, 6.45) is -0.884. The quantitative estimate of drug-likeness (QED) is 0.564. The van der Waals surface area contributed by atoms with Crippen molar-refractivity contribution in [2.45, 2.75) is 51.5 Å². The van der Waals surface area contributed by atoms with Crippen LogP contribution in [-0.4, -0.2) is 41.3 Å². The summed E-state index contributed by atoms with van der Waals surface area (Å²) in [5, 5.41) is 15.1. The lowest BCUT2D eigenvalue weighted by Crippen LogP contribution is -2.52. The van der Waals surface area contributed by atoms with Crippen LogP contribution in [0.25, 0.3) is 11.1 Å². The van der Waals surface area contributed by atoms with E-state index in [0.717, 1.165) is 16.7 Å². The summed E-state index contributed by atoms with van der Waals surface area (Å²) >= 11 is 0. The lowest BCUT2D eigenvalue weighted by molar-refractivity contribution is -0.155. The monoisotopic (exact) mass is 424 g/mol. The van der Waals surface area contributed by atoms with Gasteiger partial charge in [0, 0.05) is 0 Å². The highest BCUT2D eigenvalue weighted by atomic mass is 16.6. The highest BCUT2D eigenvalue weighted by Gasteiger charge is 2.36. The van der Waals surface area contributed by atoms with Crippen LogP contribution < -0.4 is 10.6 Å². The van der Waals surface area contributed by atoms with E-state index in [1.165, 1.54) is 0 Å². The van der Waals surface area contributed by atoms with Crippen molar-refractivity contribution in [3.63, 3.8) is 0 Å². The second-order valence-corrected chi connectivity index (χ2v) is 8.19. The van der Waals surface area contributed by atoms with Gasteiger partial charge in [0.1, 0.15) is 12.1 Å². The summed E-state index contributed by atoms with van der Waals surface area (Å²) in [6, 6.07) is 16.1. The molecule has 1 aliphatic rings. The van der Waals surface area contributed by atoms with E-state index in [1.54, 1.807) is 0 Å². The first-order valence-corrected chi connectivity index (χ1v) is 10.4. The van der Waals surface area contributed by atoms with Gasteiger partial charge in [-0.2, -0.15) is 0 Å². The number of carbonyl (C=O) groups excluding carboxylic acids is 3. The molecule has 1 heterocycles. The van der Waals surface area contributed by atoms with Crippen molar-refractivity contribution in [2.75, 3.05) is 0 Å². The van der Waals surface area contributed by atoms with Crippen LogP contribution in [0.2, 0.25) is 0 Å². The minimum absolute atomic E-state index is 0.0942. The Morgan fingerprint density at radius 1 is 1.06 bits per heavy atom. The Kier molecular flexibility index (Phi) is 7.41. The molecule has 7 heteroatoms. The number of benzene rings is 2. The maximum atomic E-state index is 12.7. The fourth-order valence-corrected chi connectivity index (χ4v) is 3.53. The van der Waals surface area contributed by atoms with Gasteiger partial charge < -0.3 is 20.5 Å². The summed E-state index contributed by atoms with van der Waals surface area (Å²) < 4.78 is 4.65. The summed E-state index contributed by atoms with van der Waals surface area (Å²) in [4.78, 5) is 36.6. The van der Waals surface area contributed by atoms with Crippen LogP contribution in [0.1, 0.15) is 32.3 Å². The molecule has 0 radical (unpaired) electrons. The SMILES string of the molecule is CC(C)C[C@H](NC(=O)Cc1ccc(-c2ccccc2)cc1)C(=O)N[C@H]1CC(=O)OC1O. The molecule has 2 aromatic carbocycles. The third-order valence-corrected chi connectivity index (χ3v) is 5.10. The molecule has 2 aromatic rings. The summed E-state index contributed by atoms with van der Waals surface area (Å²) in [6.45, 7) is 3.90. The van der Waals surface area contributed by atoms with Crippen LogP contribution in [0.4, 0.5) is 0 Å². The molecule has 3 atom stereocenters. The standard InChI is InChI=1S/C24H28N2O5/c1-15(2)12-19(23(29)26-20-14-22(28)31-24(20)30)25-21(27)13-16-8-10-18(11-9-16)17-6-4-3-5-7-17/h3-11,15,19-20,24,30H,12-14H2,1-2H3,(H,25,27)(H,26,29)/t19-,20-,24?/m0/s1. The van der Waals surface area contributed by atoms with Gasteiger partial charge in [-0.3, -0.25) is 14.4 Å². The molecule has 1 saturated heterocycles. The Hall–Kier alpha value is -3.19. The Morgan fingerprint density at radius 2 is 1.71 bits per heavy atom. The van der Waals surface area contributed by atoms with Gasteiger partial charge in [-0.05, 0) is 29.0 Å². The van der Waals surface area contributed by atoms with Gasteiger partial charge in [0.05, 0.1) is 12.8 Å². The Labute approximate surface area is 181 Å². The van der Waals surface area contributed by atoms with Crippen molar-refractivity contribution < 1.29 is 24.2 Å². The van der Waals surface area contributed by atoms with Crippen molar-refractivity contribution in [1.82, 2.24) is 10.6 Å². The average Bonchev–Trinajstić information content (AvgIpc) is 3.05. The topological polar surface area (TPSA) is 105 Å². The minimum Gasteiger partial charge on any atom is -0.434 e. The van der Waals surface area contributed by atoms with Crippen molar-refractivity contribution >= 4 is 17.8 Å². The van der Waals surface area contributed by atoms with Gasteiger partial charge in [-0.15, -0.1) is 0 Å². The van der Waals surface area contributed by atoms with Crippen LogP contribution in [0.15, 0.2) is 54.6 Å². The number of esters is 1. The molecule has 1 aliphatic heterocycles. The van der Waals surface area contributed by atoms with E-state index in [9.17, 15) is 19.5 Å². The third kappa shape index (κ3) is 6.39. The van der Waals surface area contributed by atoms with Crippen molar-refractivity contribution in [2.24, 2.45) is 5.92 Å². The van der Waals surface area contributed by atoms with E-state index in [2.05, 4.69) is 15.4 Å². The predicted molar refractivity (Wildman–Crippen MR) is 116 cm³/mol. The number of ether oxygens (including phenoxy) is 1. The number of hydrogen-bond donors (Lipinski definition) is 3. The summed E-state index contributed by atoms with van der Waals surface area (Å²) in [7, 11) is 0. The van der Waals surface area contributed by atoms with Gasteiger partial charge in [0.2, 0.25) is 18.1 Å². The smallest absolute Gasteiger partial charge is 0.310 e. The zero-order valence-electron chi connectivity index (χ0n) is 17.7. The third-order valence-electron chi connectivity index (χ3n) is 5.10. The molecule has 31 heavy (non-hydrogen) atoms. The molecule has 164 valence electrons. The van der Waals surface area contributed by atoms with Gasteiger partial charge in [0.25, 0.3) is 0 Å². The molecule has 7 nitrogen and oxygen atoms in total. The molecular weight excluding hydrogens is 396 g/mol. The van der Waals surface area contributed by atoms with Gasteiger partial charge in [-0.1, -0.05) is 68.4 Å². The van der Waals surface area contributed by atoms with E-state index < -0.39 is 30.3 Å². The fourth-order valence-electron chi connectivity index (χ4n) is 3.53. The number of aliphatic hydroxyl groups is 1. The maximum absolute atomic E-state index is 12.7. The summed E-state index contributed by atoms with van der Waals surface area (Å²) in [5.41, 5.74) is 3.00. The fraction of sp³-hybridized carbons (Fsp3) is 0.375. The Balaban J connectivity index is 1.60. The van der Waals surface area contributed by atoms with Gasteiger partial charge >= 0.3 is 5.97 Å². The molecule has 1 unspecified atom stereocenters. The minimum atomic E-state index is -1.37. The lowest BCUT2D eigenvalue weighted by atomic mass is 10.0. The second-order valence-electron chi connectivity index (χ2n) is 8.19. The highest BCUT2D eigenvalue weighted by molar-refractivity contribution is 5.89. The first-order chi connectivity index (χ1) is 14.8. The number of cyclic esters (lactones) is 1. The van der Waals surface area contributed by atoms with Crippen molar-refractivity contribution in [3.8, 4) is 11.1 Å². The number of hydrogen-bond acceptors (Lipinski definition) is 5. The molecule has 0 bridgehead atoms. The molecule has 0 saturated carbocycles. The number of aliphatic hydroxyl groups excluding tert-OH is 1. The lowest BCUT2D eigenvalue weighted by Gasteiger charge is -2.22. The number of amides is 2. The average molecular weight is 424 g/mol. The first kappa shape index (κ1) is 22.5. The van der Waals surface area contributed by atoms with Gasteiger partial charge in [0.15, 0.2) is 0 Å². The second kappa shape index (κ2) is 10.2. The van der Waals surface area contributed by atoms with E-state index >= 15 is 0 Å². The number of carbonyl (C=O) groups is 3.